The summed E-state index contributed by atoms with van der Waals surface area (Å²) < 4.78 is 25.1. The molecule has 1 heterocycles. The zero-order valence-corrected chi connectivity index (χ0v) is 14.6. The van der Waals surface area contributed by atoms with Gasteiger partial charge in [-0.2, -0.15) is 0 Å². The van der Waals surface area contributed by atoms with Crippen molar-refractivity contribution >= 4 is 17.7 Å². The van der Waals surface area contributed by atoms with Crippen LogP contribution in [0.3, 0.4) is 0 Å². The first-order valence-corrected chi connectivity index (χ1v) is 8.37. The first kappa shape index (κ1) is 18.5. The first-order valence-electron chi connectivity index (χ1n) is 8.37. The number of carbonyl (C=O) groups excluding carboxylic acids is 1. The van der Waals surface area contributed by atoms with Gasteiger partial charge in [0.1, 0.15) is 0 Å². The van der Waals surface area contributed by atoms with Gasteiger partial charge in [0.05, 0.1) is 13.0 Å². The monoisotopic (exact) mass is 374 g/mol. The third-order valence-electron chi connectivity index (χ3n) is 4.30. The fourth-order valence-electron chi connectivity index (χ4n) is 2.83. The van der Waals surface area contributed by atoms with Crippen LogP contribution in [0.4, 0.5) is 14.9 Å². The summed E-state index contributed by atoms with van der Waals surface area (Å²) in [7, 11) is 1.49. The summed E-state index contributed by atoms with van der Waals surface area (Å²) in [6, 6.07) is 10.5. The van der Waals surface area contributed by atoms with Crippen LogP contribution in [0.5, 0.6) is 17.2 Å². The molecule has 1 fully saturated rings. The molecule has 0 spiro atoms. The number of para-hydroxylation sites is 2. The minimum atomic E-state index is -0.922. The van der Waals surface area contributed by atoms with E-state index in [1.165, 1.54) is 24.1 Å². The average Bonchev–Trinajstić information content (AvgIpc) is 3.15. The Hall–Kier alpha value is -3.29. The lowest BCUT2D eigenvalue weighted by atomic mass is 10.1. The number of benzene rings is 2. The summed E-state index contributed by atoms with van der Waals surface area (Å²) in [6.45, 7) is 0.485. The molecule has 2 aromatic rings. The predicted molar refractivity (Wildman–Crippen MR) is 95.8 cm³/mol. The zero-order chi connectivity index (χ0) is 19.4. The molecule has 8 heteroatoms. The Kier molecular flexibility index (Phi) is 5.44. The highest BCUT2D eigenvalue weighted by atomic mass is 19.1. The van der Waals surface area contributed by atoms with Gasteiger partial charge in [0.15, 0.2) is 23.1 Å². The number of halogens is 1. The Labute approximate surface area is 155 Å². The smallest absolute Gasteiger partial charge is 0.321 e. The van der Waals surface area contributed by atoms with Gasteiger partial charge in [0, 0.05) is 24.8 Å². The Balaban J connectivity index is 1.66. The second-order valence-corrected chi connectivity index (χ2v) is 6.10. The molecule has 142 valence electrons. The van der Waals surface area contributed by atoms with Crippen LogP contribution < -0.4 is 14.8 Å². The van der Waals surface area contributed by atoms with E-state index in [0.29, 0.717) is 24.5 Å². The molecule has 0 aliphatic carbocycles. The van der Waals surface area contributed by atoms with Gasteiger partial charge in [-0.25, -0.2) is 9.18 Å². The van der Waals surface area contributed by atoms with E-state index < -0.39 is 23.7 Å². The number of rotatable bonds is 5. The molecule has 7 nitrogen and oxygen atoms in total. The minimum absolute atomic E-state index is 0.00962. The van der Waals surface area contributed by atoms with Crippen LogP contribution >= 0.6 is 0 Å². The number of nitrogens with one attached hydrogen (secondary N) is 1. The van der Waals surface area contributed by atoms with Crippen LogP contribution in [0.1, 0.15) is 6.42 Å². The molecule has 2 aromatic carbocycles. The maximum absolute atomic E-state index is 14.4. The fraction of sp³-hybridized carbons (Fsp3) is 0.263. The number of amides is 2. The van der Waals surface area contributed by atoms with E-state index in [1.807, 2.05) is 0 Å². The summed E-state index contributed by atoms with van der Waals surface area (Å²) in [5, 5.41) is 11.6. The number of anilines is 1. The molecule has 0 bridgehead atoms. The largest absolute Gasteiger partial charge is 0.493 e. The quantitative estimate of drug-likeness (QED) is 0.835. The second kappa shape index (κ2) is 7.94. The molecule has 3 rings (SSSR count). The van der Waals surface area contributed by atoms with Gasteiger partial charge in [-0.15, -0.1) is 0 Å². The number of carbonyl (C=O) groups is 2. The van der Waals surface area contributed by atoms with Crippen LogP contribution in [-0.2, 0) is 4.79 Å². The number of likely N-dealkylation sites (tertiary alicyclic amines) is 1. The summed E-state index contributed by atoms with van der Waals surface area (Å²) in [5.74, 6) is -1.31. The number of aliphatic carboxylic acids is 1. The van der Waals surface area contributed by atoms with Crippen LogP contribution in [-0.4, -0.2) is 42.2 Å². The normalized spacial score (nSPS) is 16.1. The van der Waals surface area contributed by atoms with Crippen molar-refractivity contribution < 1.29 is 28.6 Å². The molecule has 1 atom stereocenters. The van der Waals surface area contributed by atoms with Gasteiger partial charge < -0.3 is 24.8 Å². The van der Waals surface area contributed by atoms with Crippen molar-refractivity contribution in [1.82, 2.24) is 4.90 Å². The van der Waals surface area contributed by atoms with Crippen LogP contribution in [0.25, 0.3) is 0 Å². The molecule has 2 amide bonds. The summed E-state index contributed by atoms with van der Waals surface area (Å²) in [5.41, 5.74) is 0.253. The Bertz CT molecular complexity index is 858. The van der Waals surface area contributed by atoms with E-state index in [9.17, 15) is 14.0 Å². The zero-order valence-electron chi connectivity index (χ0n) is 14.6. The molecule has 27 heavy (non-hydrogen) atoms. The van der Waals surface area contributed by atoms with Gasteiger partial charge in [0.25, 0.3) is 0 Å². The SMILES string of the molecule is COc1ccccc1Oc1ccc(NC(=O)N2CCC(C(=O)O)C2)cc1F. The molecule has 1 aliphatic heterocycles. The van der Waals surface area contributed by atoms with Gasteiger partial charge in [-0.1, -0.05) is 12.1 Å². The highest BCUT2D eigenvalue weighted by molar-refractivity contribution is 5.90. The predicted octanol–water partition coefficient (Wildman–Crippen LogP) is 3.57. The van der Waals surface area contributed by atoms with E-state index in [1.54, 1.807) is 24.3 Å². The van der Waals surface area contributed by atoms with Gasteiger partial charge in [-0.05, 0) is 30.7 Å². The summed E-state index contributed by atoms with van der Waals surface area (Å²) in [4.78, 5) is 24.6. The van der Waals surface area contributed by atoms with Crippen LogP contribution in [0, 0.1) is 11.7 Å². The number of hydrogen-bond donors (Lipinski definition) is 2. The average molecular weight is 374 g/mol. The minimum Gasteiger partial charge on any atom is -0.493 e. The number of carboxylic acid groups (broad SMARTS) is 1. The summed E-state index contributed by atoms with van der Waals surface area (Å²) >= 11 is 0. The number of hydrogen-bond acceptors (Lipinski definition) is 4. The van der Waals surface area contributed by atoms with Gasteiger partial charge in [-0.3, -0.25) is 4.79 Å². The Morgan fingerprint density at radius 1 is 1.19 bits per heavy atom. The van der Waals surface area contributed by atoms with Gasteiger partial charge >= 0.3 is 12.0 Å². The van der Waals surface area contributed by atoms with Crippen molar-refractivity contribution in [3.05, 3.63) is 48.3 Å². The number of carboxylic acids is 1. The highest BCUT2D eigenvalue weighted by Crippen LogP contribution is 2.33. The van der Waals surface area contributed by atoms with Gasteiger partial charge in [0.2, 0.25) is 0 Å². The molecule has 1 saturated heterocycles. The third kappa shape index (κ3) is 4.28. The fourth-order valence-corrected chi connectivity index (χ4v) is 2.83. The molecular weight excluding hydrogens is 355 g/mol. The number of nitrogens with zero attached hydrogens (tertiary/aromatic N) is 1. The van der Waals surface area contributed by atoms with Crippen molar-refractivity contribution in [2.24, 2.45) is 5.92 Å². The Morgan fingerprint density at radius 3 is 2.56 bits per heavy atom. The lowest BCUT2D eigenvalue weighted by Crippen LogP contribution is -2.33. The van der Waals surface area contributed by atoms with Crippen molar-refractivity contribution in [2.45, 2.75) is 6.42 Å². The van der Waals surface area contributed by atoms with Crippen LogP contribution in [0.2, 0.25) is 0 Å². The molecule has 1 aliphatic rings. The molecule has 1 unspecified atom stereocenters. The maximum Gasteiger partial charge on any atom is 0.321 e. The lowest BCUT2D eigenvalue weighted by Gasteiger charge is -2.17. The molecule has 0 saturated carbocycles. The second-order valence-electron chi connectivity index (χ2n) is 6.10. The van der Waals surface area contributed by atoms with E-state index in [4.69, 9.17) is 14.6 Å². The highest BCUT2D eigenvalue weighted by Gasteiger charge is 2.30. The van der Waals surface area contributed by atoms with Crippen molar-refractivity contribution in [3.63, 3.8) is 0 Å². The van der Waals surface area contributed by atoms with Crippen molar-refractivity contribution in [1.29, 1.82) is 0 Å². The molecular formula is C19H19FN2O5. The van der Waals surface area contributed by atoms with Crippen LogP contribution in [0.15, 0.2) is 42.5 Å². The first-order chi connectivity index (χ1) is 13.0. The number of urea groups is 1. The van der Waals surface area contributed by atoms with Crippen molar-refractivity contribution in [2.75, 3.05) is 25.5 Å². The van der Waals surface area contributed by atoms with E-state index in [0.717, 1.165) is 6.07 Å². The summed E-state index contributed by atoms with van der Waals surface area (Å²) in [6.07, 6.45) is 0.406. The topological polar surface area (TPSA) is 88.1 Å². The standard InChI is InChI=1S/C19H19FN2O5/c1-26-16-4-2-3-5-17(16)27-15-7-6-13(10-14(15)20)21-19(25)22-9-8-12(11-22)18(23)24/h2-7,10,12H,8-9,11H2,1H3,(H,21,25)(H,23,24). The van der Waals surface area contributed by atoms with E-state index in [2.05, 4.69) is 5.32 Å². The Morgan fingerprint density at radius 2 is 1.93 bits per heavy atom. The number of ether oxygens (including phenoxy) is 2. The van der Waals surface area contributed by atoms with E-state index in [-0.39, 0.29) is 18.0 Å². The third-order valence-corrected chi connectivity index (χ3v) is 4.30. The molecule has 0 radical (unpaired) electrons. The lowest BCUT2D eigenvalue weighted by molar-refractivity contribution is -0.141. The molecule has 0 aromatic heterocycles. The molecule has 2 N–H and O–H groups in total. The number of methoxy groups -OCH3 is 1. The van der Waals surface area contributed by atoms with E-state index >= 15 is 0 Å². The van der Waals surface area contributed by atoms with Crippen molar-refractivity contribution in [3.8, 4) is 17.2 Å². The maximum atomic E-state index is 14.4.